The Morgan fingerprint density at radius 2 is 2.19 bits per heavy atom. The smallest absolute Gasteiger partial charge is 0.306 e. The summed E-state index contributed by atoms with van der Waals surface area (Å²) in [7, 11) is 3.43. The lowest BCUT2D eigenvalue weighted by molar-refractivity contribution is -0.141. The highest BCUT2D eigenvalue weighted by molar-refractivity contribution is 5.85. The molecule has 0 spiro atoms. The number of nitrogens with one attached hydrogen (secondary N) is 1. The van der Waals surface area contributed by atoms with Crippen LogP contribution in [0.15, 0.2) is 0 Å². The third-order valence-electron chi connectivity index (χ3n) is 2.77. The predicted octanol–water partition coefficient (Wildman–Crippen LogP) is 1.08. The Hall–Kier alpha value is -0.0300. The molecule has 1 aliphatic rings. The monoisotopic (exact) mass is 272 g/mol. The first-order valence-corrected chi connectivity index (χ1v) is 5.22. The van der Waals surface area contributed by atoms with Crippen LogP contribution in [0.4, 0.5) is 0 Å². The summed E-state index contributed by atoms with van der Waals surface area (Å²) >= 11 is 0. The van der Waals surface area contributed by atoms with E-state index >= 15 is 0 Å². The number of nitrogens with zero attached hydrogens (tertiary/aromatic N) is 1. The number of hydrogen-bond acceptors (Lipinski definition) is 4. The van der Waals surface area contributed by atoms with Gasteiger partial charge < -0.3 is 15.0 Å². The minimum absolute atomic E-state index is 0. The van der Waals surface area contributed by atoms with Crippen LogP contribution in [0.5, 0.6) is 0 Å². The van der Waals surface area contributed by atoms with E-state index in [0.29, 0.717) is 12.5 Å². The molecule has 0 aromatic rings. The maximum absolute atomic E-state index is 10.9. The van der Waals surface area contributed by atoms with Crippen molar-refractivity contribution in [1.82, 2.24) is 10.2 Å². The highest BCUT2D eigenvalue weighted by Gasteiger charge is 2.18. The van der Waals surface area contributed by atoms with Crippen molar-refractivity contribution in [2.24, 2.45) is 0 Å². The van der Waals surface area contributed by atoms with Crippen molar-refractivity contribution in [3.63, 3.8) is 0 Å². The van der Waals surface area contributed by atoms with Gasteiger partial charge in [0.05, 0.1) is 13.5 Å². The summed E-state index contributed by atoms with van der Waals surface area (Å²) in [5.41, 5.74) is 0. The Morgan fingerprint density at radius 3 is 2.75 bits per heavy atom. The molecule has 1 unspecified atom stereocenters. The number of esters is 1. The topological polar surface area (TPSA) is 41.6 Å². The van der Waals surface area contributed by atoms with Crippen molar-refractivity contribution in [3.05, 3.63) is 0 Å². The van der Waals surface area contributed by atoms with Gasteiger partial charge in [0.25, 0.3) is 0 Å². The summed E-state index contributed by atoms with van der Waals surface area (Å²) in [4.78, 5) is 13.3. The zero-order valence-corrected chi connectivity index (χ0v) is 11.5. The molecule has 1 fully saturated rings. The summed E-state index contributed by atoms with van der Waals surface area (Å²) in [5.74, 6) is -0.114. The average molecular weight is 273 g/mol. The zero-order valence-electron chi connectivity index (χ0n) is 9.90. The Labute approximate surface area is 110 Å². The standard InChI is InChI=1S/C10H20N2O2.2ClH/c1-11-9-4-3-6-12(8-9)7-5-10(13)14-2;;/h9,11H,3-8H2,1-2H3;2*1H. The first kappa shape index (κ1) is 18.3. The van der Waals surface area contributed by atoms with Gasteiger partial charge in [0.2, 0.25) is 0 Å². The van der Waals surface area contributed by atoms with Crippen molar-refractivity contribution in [3.8, 4) is 0 Å². The molecule has 0 saturated carbocycles. The molecule has 16 heavy (non-hydrogen) atoms. The highest BCUT2D eigenvalue weighted by Crippen LogP contribution is 2.09. The summed E-state index contributed by atoms with van der Waals surface area (Å²) in [6.07, 6.45) is 2.96. The van der Waals surface area contributed by atoms with Gasteiger partial charge in [-0.2, -0.15) is 0 Å². The second-order valence-corrected chi connectivity index (χ2v) is 3.75. The number of likely N-dealkylation sites (N-methyl/N-ethyl adjacent to an activating group) is 1. The zero-order chi connectivity index (χ0) is 10.4. The quantitative estimate of drug-likeness (QED) is 0.778. The number of carbonyl (C=O) groups excluding carboxylic acids is 1. The Kier molecular flexibility index (Phi) is 11.6. The largest absolute Gasteiger partial charge is 0.469 e. The summed E-state index contributed by atoms with van der Waals surface area (Å²) < 4.78 is 4.61. The lowest BCUT2D eigenvalue weighted by atomic mass is 10.1. The Morgan fingerprint density at radius 1 is 1.50 bits per heavy atom. The molecule has 1 aliphatic heterocycles. The van der Waals surface area contributed by atoms with Crippen molar-refractivity contribution in [2.75, 3.05) is 33.8 Å². The van der Waals surface area contributed by atoms with E-state index in [-0.39, 0.29) is 30.8 Å². The lowest BCUT2D eigenvalue weighted by Gasteiger charge is -2.32. The number of carbonyl (C=O) groups is 1. The van der Waals surface area contributed by atoms with E-state index in [2.05, 4.69) is 15.0 Å². The van der Waals surface area contributed by atoms with Crippen LogP contribution in [0.25, 0.3) is 0 Å². The minimum Gasteiger partial charge on any atom is -0.469 e. The van der Waals surface area contributed by atoms with Crippen LogP contribution in [0.2, 0.25) is 0 Å². The molecule has 4 nitrogen and oxygen atoms in total. The fraction of sp³-hybridized carbons (Fsp3) is 0.900. The summed E-state index contributed by atoms with van der Waals surface area (Å²) in [5, 5.41) is 3.28. The third kappa shape index (κ3) is 6.53. The van der Waals surface area contributed by atoms with Gasteiger partial charge in [-0.1, -0.05) is 0 Å². The van der Waals surface area contributed by atoms with Crippen molar-refractivity contribution in [1.29, 1.82) is 0 Å². The molecule has 1 saturated heterocycles. The number of ether oxygens (including phenoxy) is 1. The first-order valence-electron chi connectivity index (χ1n) is 5.22. The van der Waals surface area contributed by atoms with E-state index in [1.54, 1.807) is 0 Å². The third-order valence-corrected chi connectivity index (χ3v) is 2.77. The number of hydrogen-bond donors (Lipinski definition) is 1. The molecule has 1 atom stereocenters. The van der Waals surface area contributed by atoms with Crippen molar-refractivity contribution in [2.45, 2.75) is 25.3 Å². The van der Waals surface area contributed by atoms with Crippen LogP contribution in [-0.4, -0.2) is 50.7 Å². The van der Waals surface area contributed by atoms with Gasteiger partial charge in [-0.05, 0) is 26.4 Å². The predicted molar refractivity (Wildman–Crippen MR) is 69.7 cm³/mol. The minimum atomic E-state index is -0.114. The number of piperidine rings is 1. The van der Waals surface area contributed by atoms with Gasteiger partial charge in [-0.15, -0.1) is 24.8 Å². The second kappa shape index (κ2) is 10.1. The van der Waals surface area contributed by atoms with Gasteiger partial charge in [0.1, 0.15) is 0 Å². The molecule has 0 aromatic carbocycles. The van der Waals surface area contributed by atoms with E-state index in [1.165, 1.54) is 20.0 Å². The maximum Gasteiger partial charge on any atom is 0.306 e. The van der Waals surface area contributed by atoms with Crippen LogP contribution in [0, 0.1) is 0 Å². The second-order valence-electron chi connectivity index (χ2n) is 3.75. The number of methoxy groups -OCH3 is 1. The van der Waals surface area contributed by atoms with E-state index in [4.69, 9.17) is 0 Å². The van der Waals surface area contributed by atoms with E-state index < -0.39 is 0 Å². The van der Waals surface area contributed by atoms with Crippen LogP contribution in [0.1, 0.15) is 19.3 Å². The van der Waals surface area contributed by atoms with E-state index in [1.807, 2.05) is 7.05 Å². The van der Waals surface area contributed by atoms with Gasteiger partial charge >= 0.3 is 5.97 Å². The molecule has 6 heteroatoms. The lowest BCUT2D eigenvalue weighted by Crippen LogP contribution is -2.44. The highest BCUT2D eigenvalue weighted by atomic mass is 35.5. The Balaban J connectivity index is 0. The molecule has 1 heterocycles. The molecule has 0 radical (unpaired) electrons. The van der Waals surface area contributed by atoms with Crippen LogP contribution >= 0.6 is 24.8 Å². The fourth-order valence-electron chi connectivity index (χ4n) is 1.85. The molecule has 1 rings (SSSR count). The fourth-order valence-corrected chi connectivity index (χ4v) is 1.85. The number of rotatable bonds is 4. The molecular formula is C10H22Cl2N2O2. The normalized spacial score (nSPS) is 20.5. The van der Waals surface area contributed by atoms with E-state index in [9.17, 15) is 4.79 Å². The molecule has 0 amide bonds. The van der Waals surface area contributed by atoms with Gasteiger partial charge in [-0.3, -0.25) is 4.79 Å². The molecule has 0 bridgehead atoms. The summed E-state index contributed by atoms with van der Waals surface area (Å²) in [6.45, 7) is 2.98. The van der Waals surface area contributed by atoms with Gasteiger partial charge in [0, 0.05) is 19.1 Å². The molecule has 0 aliphatic carbocycles. The Bertz CT molecular complexity index is 194. The number of halogens is 2. The summed E-state index contributed by atoms with van der Waals surface area (Å²) in [6, 6.07) is 0.585. The number of likely N-dealkylation sites (tertiary alicyclic amines) is 1. The SMILES string of the molecule is CNC1CCCN(CCC(=O)OC)C1.Cl.Cl. The molecule has 0 aromatic heterocycles. The van der Waals surface area contributed by atoms with Gasteiger partial charge in [0.15, 0.2) is 0 Å². The van der Waals surface area contributed by atoms with Crippen LogP contribution in [0.3, 0.4) is 0 Å². The molecular weight excluding hydrogens is 251 g/mol. The molecule has 1 N–H and O–H groups in total. The average Bonchev–Trinajstić information content (AvgIpc) is 2.26. The van der Waals surface area contributed by atoms with Crippen LogP contribution < -0.4 is 5.32 Å². The first-order chi connectivity index (χ1) is 6.76. The van der Waals surface area contributed by atoms with E-state index in [0.717, 1.165) is 19.6 Å². The van der Waals surface area contributed by atoms with Crippen molar-refractivity contribution >= 4 is 30.8 Å². The molecule has 98 valence electrons. The van der Waals surface area contributed by atoms with Crippen molar-refractivity contribution < 1.29 is 9.53 Å². The maximum atomic E-state index is 10.9. The van der Waals surface area contributed by atoms with Crippen LogP contribution in [-0.2, 0) is 9.53 Å². The van der Waals surface area contributed by atoms with Gasteiger partial charge in [-0.25, -0.2) is 0 Å².